The molecule has 0 atom stereocenters. The monoisotopic (exact) mass is 349 g/mol. The second-order valence-electron chi connectivity index (χ2n) is 8.29. The van der Waals surface area contributed by atoms with Gasteiger partial charge in [-0.2, -0.15) is 0 Å². The van der Waals surface area contributed by atoms with Crippen molar-refractivity contribution in [3.05, 3.63) is 76.4 Å². The molecule has 0 fully saturated rings. The van der Waals surface area contributed by atoms with Crippen LogP contribution in [0.5, 0.6) is 0 Å². The standard InChI is InChI=1S/C26H23N/c1-16-12-19-14-17-6-5-8-20(17)26(22(19)13-16)18-10-11-25-23(15-18)21-7-3-4-9-24(21)27(25)2/h3-4,7,9-11,13-15H,5-6,8,12H2,1-2H3. The van der Waals surface area contributed by atoms with Gasteiger partial charge in [-0.15, -0.1) is 0 Å². The third kappa shape index (κ3) is 2.06. The summed E-state index contributed by atoms with van der Waals surface area (Å²) >= 11 is 0. The molecule has 6 rings (SSSR count). The van der Waals surface area contributed by atoms with Crippen LogP contribution in [0.3, 0.4) is 0 Å². The van der Waals surface area contributed by atoms with E-state index in [1.807, 2.05) is 0 Å². The first-order valence-corrected chi connectivity index (χ1v) is 10.0. The van der Waals surface area contributed by atoms with E-state index in [2.05, 4.69) is 73.1 Å². The smallest absolute Gasteiger partial charge is 0.0489 e. The fourth-order valence-corrected chi connectivity index (χ4v) is 5.39. The van der Waals surface area contributed by atoms with Crippen molar-refractivity contribution in [2.75, 3.05) is 0 Å². The Morgan fingerprint density at radius 1 is 0.852 bits per heavy atom. The lowest BCUT2D eigenvalue weighted by Gasteiger charge is -2.15. The molecule has 0 saturated heterocycles. The first kappa shape index (κ1) is 15.3. The maximum Gasteiger partial charge on any atom is 0.0489 e. The van der Waals surface area contributed by atoms with Crippen LogP contribution in [0.25, 0.3) is 39.0 Å². The number of fused-ring (bicyclic) bond motifs is 5. The SMILES string of the molecule is CC1=Cc2c(cc3c(c2-c2ccc4c(c2)c2ccccc2n4C)CCC3)C1. The van der Waals surface area contributed by atoms with Crippen LogP contribution in [0.2, 0.25) is 0 Å². The van der Waals surface area contributed by atoms with Gasteiger partial charge in [0.25, 0.3) is 0 Å². The lowest BCUT2D eigenvalue weighted by Crippen LogP contribution is -1.96. The van der Waals surface area contributed by atoms with Gasteiger partial charge in [-0.1, -0.05) is 42.0 Å². The Labute approximate surface area is 159 Å². The first-order valence-electron chi connectivity index (χ1n) is 10.0. The molecule has 0 spiro atoms. The molecule has 0 saturated carbocycles. The largest absolute Gasteiger partial charge is 0.344 e. The van der Waals surface area contributed by atoms with Gasteiger partial charge in [0.2, 0.25) is 0 Å². The molecule has 0 amide bonds. The molecule has 0 N–H and O–H groups in total. The van der Waals surface area contributed by atoms with E-state index >= 15 is 0 Å². The van der Waals surface area contributed by atoms with Crippen LogP contribution < -0.4 is 0 Å². The predicted molar refractivity (Wildman–Crippen MR) is 115 cm³/mol. The maximum atomic E-state index is 2.49. The van der Waals surface area contributed by atoms with Crippen molar-refractivity contribution >= 4 is 27.9 Å². The Bertz CT molecular complexity index is 1280. The van der Waals surface area contributed by atoms with E-state index in [1.54, 1.807) is 11.1 Å². The van der Waals surface area contributed by atoms with E-state index in [-0.39, 0.29) is 0 Å². The van der Waals surface area contributed by atoms with Gasteiger partial charge in [0.05, 0.1) is 0 Å². The number of allylic oxidation sites excluding steroid dienone is 1. The lowest BCUT2D eigenvalue weighted by atomic mass is 9.89. The van der Waals surface area contributed by atoms with Gasteiger partial charge in [-0.05, 0) is 84.2 Å². The van der Waals surface area contributed by atoms with Crippen LogP contribution in [0, 0.1) is 0 Å². The van der Waals surface area contributed by atoms with Crippen LogP contribution in [0.15, 0.2) is 54.1 Å². The molecular weight excluding hydrogens is 326 g/mol. The molecular formula is C26H23N. The minimum atomic E-state index is 1.12. The van der Waals surface area contributed by atoms with E-state index in [1.165, 1.54) is 68.9 Å². The zero-order valence-electron chi connectivity index (χ0n) is 16.0. The van der Waals surface area contributed by atoms with Crippen LogP contribution in [-0.2, 0) is 26.3 Å². The third-order valence-electron chi connectivity index (χ3n) is 6.59. The minimum Gasteiger partial charge on any atom is -0.344 e. The molecule has 1 heterocycles. The average molecular weight is 349 g/mol. The summed E-state index contributed by atoms with van der Waals surface area (Å²) in [5.74, 6) is 0. The first-order chi connectivity index (χ1) is 13.2. The van der Waals surface area contributed by atoms with Crippen LogP contribution in [-0.4, -0.2) is 4.57 Å². The maximum absolute atomic E-state index is 2.49. The van der Waals surface area contributed by atoms with Gasteiger partial charge in [0.15, 0.2) is 0 Å². The molecule has 2 aliphatic carbocycles. The number of para-hydroxylation sites is 1. The molecule has 1 heteroatoms. The second-order valence-corrected chi connectivity index (χ2v) is 8.29. The molecule has 4 aromatic rings. The highest BCUT2D eigenvalue weighted by molar-refractivity contribution is 6.09. The van der Waals surface area contributed by atoms with Crippen molar-refractivity contribution in [3.8, 4) is 11.1 Å². The topological polar surface area (TPSA) is 4.93 Å². The van der Waals surface area contributed by atoms with Crippen molar-refractivity contribution < 1.29 is 0 Å². The van der Waals surface area contributed by atoms with Crippen LogP contribution in [0.1, 0.15) is 35.6 Å². The number of benzene rings is 3. The average Bonchev–Trinajstić information content (AvgIpc) is 3.36. The number of aromatic nitrogens is 1. The highest BCUT2D eigenvalue weighted by Crippen LogP contribution is 2.43. The summed E-state index contributed by atoms with van der Waals surface area (Å²) < 4.78 is 2.32. The van der Waals surface area contributed by atoms with Crippen molar-refractivity contribution in [1.29, 1.82) is 0 Å². The third-order valence-corrected chi connectivity index (χ3v) is 6.59. The van der Waals surface area contributed by atoms with Crippen LogP contribution >= 0.6 is 0 Å². The summed E-state index contributed by atoms with van der Waals surface area (Å²) in [6.45, 7) is 2.27. The zero-order chi connectivity index (χ0) is 18.1. The summed E-state index contributed by atoms with van der Waals surface area (Å²) in [6, 6.07) is 18.3. The minimum absolute atomic E-state index is 1.12. The molecule has 27 heavy (non-hydrogen) atoms. The molecule has 1 nitrogen and oxygen atoms in total. The van der Waals surface area contributed by atoms with Gasteiger partial charge in [-0.25, -0.2) is 0 Å². The van der Waals surface area contributed by atoms with E-state index in [4.69, 9.17) is 0 Å². The summed E-state index contributed by atoms with van der Waals surface area (Å²) in [4.78, 5) is 0. The fraction of sp³-hybridized carbons (Fsp3) is 0.231. The molecule has 0 radical (unpaired) electrons. The van der Waals surface area contributed by atoms with Crippen molar-refractivity contribution in [2.45, 2.75) is 32.6 Å². The number of hydrogen-bond donors (Lipinski definition) is 0. The van der Waals surface area contributed by atoms with Gasteiger partial charge >= 0.3 is 0 Å². The van der Waals surface area contributed by atoms with E-state index in [0.29, 0.717) is 0 Å². The van der Waals surface area contributed by atoms with Crippen LogP contribution in [0.4, 0.5) is 0 Å². The Kier molecular flexibility index (Phi) is 3.03. The molecule has 2 aliphatic rings. The van der Waals surface area contributed by atoms with E-state index in [9.17, 15) is 0 Å². The molecule has 132 valence electrons. The van der Waals surface area contributed by atoms with Crippen molar-refractivity contribution in [1.82, 2.24) is 4.57 Å². The molecule has 0 bridgehead atoms. The van der Waals surface area contributed by atoms with E-state index < -0.39 is 0 Å². The number of rotatable bonds is 1. The summed E-state index contributed by atoms with van der Waals surface area (Å²) in [5.41, 5.74) is 13.2. The number of hydrogen-bond acceptors (Lipinski definition) is 0. The highest BCUT2D eigenvalue weighted by Gasteiger charge is 2.24. The summed E-state index contributed by atoms with van der Waals surface area (Å²) in [5, 5.41) is 2.72. The van der Waals surface area contributed by atoms with Gasteiger partial charge in [0, 0.05) is 28.9 Å². The Balaban J connectivity index is 1.69. The Morgan fingerprint density at radius 2 is 1.70 bits per heavy atom. The lowest BCUT2D eigenvalue weighted by molar-refractivity contribution is 0.912. The number of aryl methyl sites for hydroxylation is 2. The number of nitrogens with zero attached hydrogens (tertiary/aromatic N) is 1. The second kappa shape index (κ2) is 5.36. The normalized spacial score (nSPS) is 15.4. The zero-order valence-corrected chi connectivity index (χ0v) is 16.0. The predicted octanol–water partition coefficient (Wildman–Crippen LogP) is 6.45. The summed E-state index contributed by atoms with van der Waals surface area (Å²) in [7, 11) is 2.17. The van der Waals surface area contributed by atoms with E-state index in [0.717, 1.165) is 6.42 Å². The van der Waals surface area contributed by atoms with Crippen molar-refractivity contribution in [2.24, 2.45) is 7.05 Å². The molecule has 3 aromatic carbocycles. The fourth-order valence-electron chi connectivity index (χ4n) is 5.39. The van der Waals surface area contributed by atoms with Gasteiger partial charge in [0.1, 0.15) is 0 Å². The molecule has 0 aliphatic heterocycles. The van der Waals surface area contributed by atoms with Gasteiger partial charge < -0.3 is 4.57 Å². The molecule has 0 unspecified atom stereocenters. The quantitative estimate of drug-likeness (QED) is 0.372. The van der Waals surface area contributed by atoms with Crippen molar-refractivity contribution in [3.63, 3.8) is 0 Å². The highest BCUT2D eigenvalue weighted by atomic mass is 14.9. The van der Waals surface area contributed by atoms with Gasteiger partial charge in [-0.3, -0.25) is 0 Å². The Hall–Kier alpha value is -2.80. The summed E-state index contributed by atoms with van der Waals surface area (Å²) in [6.07, 6.45) is 7.30. The Morgan fingerprint density at radius 3 is 2.63 bits per heavy atom. The molecule has 1 aromatic heterocycles.